The van der Waals surface area contributed by atoms with Gasteiger partial charge in [0.2, 0.25) is 0 Å². The summed E-state index contributed by atoms with van der Waals surface area (Å²) in [5.74, 6) is 0.281. The van der Waals surface area contributed by atoms with Gasteiger partial charge in [-0.3, -0.25) is 0 Å². The number of allylic oxidation sites excluding steroid dienone is 7. The third-order valence-corrected chi connectivity index (χ3v) is 10.3. The maximum Gasteiger partial charge on any atom is 0.192 e. The first-order valence-electron chi connectivity index (χ1n) is 10.9. The van der Waals surface area contributed by atoms with Gasteiger partial charge in [0, 0.05) is 5.92 Å². The van der Waals surface area contributed by atoms with E-state index in [0.717, 1.165) is 6.42 Å². The average molecular weight is 419 g/mol. The summed E-state index contributed by atoms with van der Waals surface area (Å²) in [5, 5.41) is 9.15. The predicted octanol–water partition coefficient (Wildman–Crippen LogP) is 7.76. The summed E-state index contributed by atoms with van der Waals surface area (Å²) in [4.78, 5) is 0. The molecule has 0 rings (SSSR count). The van der Waals surface area contributed by atoms with Gasteiger partial charge in [0.1, 0.15) is 0 Å². The van der Waals surface area contributed by atoms with Crippen molar-refractivity contribution in [2.75, 3.05) is 6.61 Å². The Kier molecular flexibility index (Phi) is 12.0. The van der Waals surface area contributed by atoms with E-state index in [2.05, 4.69) is 98.9 Å². The van der Waals surface area contributed by atoms with E-state index in [9.17, 15) is 0 Å². The molecule has 166 valence electrons. The highest BCUT2D eigenvalue weighted by Crippen LogP contribution is 2.39. The van der Waals surface area contributed by atoms with Crippen molar-refractivity contribution in [1.29, 1.82) is 0 Å². The van der Waals surface area contributed by atoms with Crippen LogP contribution >= 0.6 is 0 Å². The Morgan fingerprint density at radius 2 is 1.66 bits per heavy atom. The minimum atomic E-state index is -1.89. The lowest BCUT2D eigenvalue weighted by atomic mass is 9.95. The Balaban J connectivity index is 5.69. The van der Waals surface area contributed by atoms with Crippen molar-refractivity contribution < 1.29 is 9.53 Å². The maximum absolute atomic E-state index is 8.98. The molecule has 0 aromatic heterocycles. The molecule has 2 nitrogen and oxygen atoms in total. The summed E-state index contributed by atoms with van der Waals surface area (Å²) in [7, 11) is -1.89. The smallest absolute Gasteiger partial charge is 0.192 e. The zero-order valence-corrected chi connectivity index (χ0v) is 21.9. The van der Waals surface area contributed by atoms with Crippen molar-refractivity contribution in [3.8, 4) is 0 Å². The van der Waals surface area contributed by atoms with Crippen LogP contribution in [-0.4, -0.2) is 26.1 Å². The number of aliphatic hydroxyl groups excluding tert-OH is 1. The van der Waals surface area contributed by atoms with Crippen molar-refractivity contribution in [1.82, 2.24) is 0 Å². The first-order valence-corrected chi connectivity index (χ1v) is 13.8. The SMILES string of the molecule is C/C=C(C)/C=C(\C)[C@H](O[Si](C)(C)C(C)(C)C)[C@H](C)/C=C(C)/C=C/C/C(C)=C/CO. The molecule has 0 spiro atoms. The molecule has 0 radical (unpaired) electrons. The van der Waals surface area contributed by atoms with E-state index in [-0.39, 0.29) is 23.7 Å². The Morgan fingerprint density at radius 3 is 2.14 bits per heavy atom. The fourth-order valence-corrected chi connectivity index (χ4v) is 4.25. The molecule has 2 atom stereocenters. The molecule has 0 unspecified atom stereocenters. The largest absolute Gasteiger partial charge is 0.410 e. The second kappa shape index (κ2) is 12.5. The molecule has 0 fully saturated rings. The minimum absolute atomic E-state index is 0.0742. The fourth-order valence-electron chi connectivity index (χ4n) is 2.86. The summed E-state index contributed by atoms with van der Waals surface area (Å²) in [5.41, 5.74) is 4.98. The van der Waals surface area contributed by atoms with Crippen LogP contribution in [-0.2, 0) is 4.43 Å². The van der Waals surface area contributed by atoms with E-state index in [4.69, 9.17) is 9.53 Å². The molecule has 0 bridgehead atoms. The van der Waals surface area contributed by atoms with Crippen LogP contribution in [0.4, 0.5) is 0 Å². The maximum atomic E-state index is 8.98. The van der Waals surface area contributed by atoms with Crippen LogP contribution in [0.25, 0.3) is 0 Å². The first-order chi connectivity index (χ1) is 13.2. The Bertz CT molecular complexity index is 655. The first kappa shape index (κ1) is 27.8. The van der Waals surface area contributed by atoms with Gasteiger partial charge in [0.15, 0.2) is 8.32 Å². The topological polar surface area (TPSA) is 29.5 Å². The van der Waals surface area contributed by atoms with Crippen molar-refractivity contribution in [2.24, 2.45) is 5.92 Å². The molecule has 0 aliphatic rings. The van der Waals surface area contributed by atoms with Crippen LogP contribution in [0.1, 0.15) is 68.7 Å². The highest BCUT2D eigenvalue weighted by Gasteiger charge is 2.40. The zero-order valence-electron chi connectivity index (χ0n) is 20.9. The second-order valence-electron chi connectivity index (χ2n) is 9.83. The Morgan fingerprint density at radius 1 is 1.07 bits per heavy atom. The third-order valence-electron chi connectivity index (χ3n) is 5.85. The van der Waals surface area contributed by atoms with E-state index >= 15 is 0 Å². The van der Waals surface area contributed by atoms with Gasteiger partial charge in [-0.25, -0.2) is 0 Å². The normalized spacial score (nSPS) is 17.8. The standard InChI is InChI=1S/C26H46O2Si/c1-12-20(2)18-23(5)25(28-29(10,11)26(7,8)9)24(6)19-22(4)15-13-14-21(3)16-17-27/h12-13,15-16,18-19,24-25,27H,14,17H2,1-11H3/b15-13+,20-12+,21-16+,22-19+,23-18+/t24-,25+/m1/s1. The van der Waals surface area contributed by atoms with Crippen molar-refractivity contribution in [3.05, 3.63) is 58.7 Å². The van der Waals surface area contributed by atoms with Crippen LogP contribution in [0.15, 0.2) is 58.7 Å². The van der Waals surface area contributed by atoms with Crippen LogP contribution < -0.4 is 0 Å². The summed E-state index contributed by atoms with van der Waals surface area (Å²) >= 11 is 0. The second-order valence-corrected chi connectivity index (χ2v) is 14.6. The van der Waals surface area contributed by atoms with E-state index in [0.29, 0.717) is 0 Å². The summed E-state index contributed by atoms with van der Waals surface area (Å²) in [6.45, 7) is 24.5. The number of hydrogen-bond donors (Lipinski definition) is 1. The molecular formula is C26H46O2Si. The monoisotopic (exact) mass is 418 g/mol. The molecule has 0 aliphatic heterocycles. The molecule has 0 aromatic carbocycles. The van der Waals surface area contributed by atoms with E-state index in [1.165, 1.54) is 22.3 Å². The Labute approximate surface area is 182 Å². The van der Waals surface area contributed by atoms with Gasteiger partial charge in [-0.15, -0.1) is 0 Å². The summed E-state index contributed by atoms with van der Waals surface area (Å²) in [6.07, 6.45) is 13.9. The van der Waals surface area contributed by atoms with E-state index < -0.39 is 8.32 Å². The van der Waals surface area contributed by atoms with Gasteiger partial charge >= 0.3 is 0 Å². The van der Waals surface area contributed by atoms with E-state index in [1.54, 1.807) is 0 Å². The molecule has 0 saturated heterocycles. The quantitative estimate of drug-likeness (QED) is 0.223. The minimum Gasteiger partial charge on any atom is -0.410 e. The van der Waals surface area contributed by atoms with Gasteiger partial charge in [-0.1, -0.05) is 80.9 Å². The molecule has 1 N–H and O–H groups in total. The van der Waals surface area contributed by atoms with Gasteiger partial charge < -0.3 is 9.53 Å². The molecule has 0 heterocycles. The molecule has 29 heavy (non-hydrogen) atoms. The van der Waals surface area contributed by atoms with Crippen LogP contribution in [0.2, 0.25) is 18.1 Å². The number of rotatable bonds is 10. The summed E-state index contributed by atoms with van der Waals surface area (Å²) < 4.78 is 6.88. The predicted molar refractivity (Wildman–Crippen MR) is 133 cm³/mol. The summed E-state index contributed by atoms with van der Waals surface area (Å²) in [6, 6.07) is 0. The molecule has 0 aromatic rings. The fraction of sp³-hybridized carbons (Fsp3) is 0.615. The molecule has 0 saturated carbocycles. The van der Waals surface area contributed by atoms with Gasteiger partial charge in [-0.2, -0.15) is 0 Å². The van der Waals surface area contributed by atoms with Crippen molar-refractivity contribution >= 4 is 8.32 Å². The molecule has 0 amide bonds. The van der Waals surface area contributed by atoms with Gasteiger partial charge in [0.25, 0.3) is 0 Å². The van der Waals surface area contributed by atoms with Crippen LogP contribution in [0, 0.1) is 5.92 Å². The van der Waals surface area contributed by atoms with Crippen LogP contribution in [0.3, 0.4) is 0 Å². The zero-order chi connectivity index (χ0) is 22.8. The lowest BCUT2D eigenvalue weighted by molar-refractivity contribution is 0.178. The Hall–Kier alpha value is -1.16. The lowest BCUT2D eigenvalue weighted by Gasteiger charge is -2.41. The van der Waals surface area contributed by atoms with Gasteiger partial charge in [-0.05, 0) is 64.7 Å². The van der Waals surface area contributed by atoms with Crippen LogP contribution in [0.5, 0.6) is 0 Å². The van der Waals surface area contributed by atoms with Crippen molar-refractivity contribution in [2.45, 2.75) is 93.0 Å². The molecular weight excluding hydrogens is 372 g/mol. The molecule has 3 heteroatoms. The van der Waals surface area contributed by atoms with Gasteiger partial charge in [0.05, 0.1) is 12.7 Å². The highest BCUT2D eigenvalue weighted by atomic mass is 28.4. The highest BCUT2D eigenvalue weighted by molar-refractivity contribution is 6.74. The number of aliphatic hydroxyl groups is 1. The lowest BCUT2D eigenvalue weighted by Crippen LogP contribution is -2.45. The third kappa shape index (κ3) is 10.4. The number of hydrogen-bond acceptors (Lipinski definition) is 2. The average Bonchev–Trinajstić information content (AvgIpc) is 2.58. The van der Waals surface area contributed by atoms with Crippen molar-refractivity contribution in [3.63, 3.8) is 0 Å². The molecule has 0 aliphatic carbocycles. The van der Waals surface area contributed by atoms with E-state index in [1.807, 2.05) is 13.0 Å².